The molecule has 1 saturated heterocycles. The van der Waals surface area contributed by atoms with Gasteiger partial charge in [0.15, 0.2) is 0 Å². The number of halogens is 1. The Morgan fingerprint density at radius 2 is 2.20 bits per heavy atom. The summed E-state index contributed by atoms with van der Waals surface area (Å²) in [6, 6.07) is 2.18. The van der Waals surface area contributed by atoms with Crippen molar-refractivity contribution in [2.24, 2.45) is 11.3 Å². The first kappa shape index (κ1) is 11.1. The van der Waals surface area contributed by atoms with Crippen molar-refractivity contribution in [3.05, 3.63) is 28.5 Å². The zero-order valence-electron chi connectivity index (χ0n) is 9.26. The molecule has 0 bridgehead atoms. The van der Waals surface area contributed by atoms with E-state index in [1.165, 1.54) is 5.56 Å². The predicted octanol–water partition coefficient (Wildman–Crippen LogP) is 2.63. The lowest BCUT2D eigenvalue weighted by atomic mass is 9.68. The van der Waals surface area contributed by atoms with E-state index in [0.717, 1.165) is 29.9 Å². The Balaban J connectivity index is 2.13. The van der Waals surface area contributed by atoms with Gasteiger partial charge in [0.05, 0.1) is 0 Å². The molecule has 0 aromatic carbocycles. The summed E-state index contributed by atoms with van der Waals surface area (Å²) in [5.74, 6) is 0.720. The molecule has 2 rings (SSSR count). The van der Waals surface area contributed by atoms with Crippen molar-refractivity contribution >= 4 is 15.9 Å². The maximum Gasteiger partial charge on any atom is 0.0410 e. The van der Waals surface area contributed by atoms with Gasteiger partial charge in [-0.15, -0.1) is 0 Å². The molecular formula is C12H17BrN2. The second-order valence-electron chi connectivity index (χ2n) is 4.81. The summed E-state index contributed by atoms with van der Waals surface area (Å²) >= 11 is 3.47. The van der Waals surface area contributed by atoms with Crippen molar-refractivity contribution in [1.82, 2.24) is 10.3 Å². The lowest BCUT2D eigenvalue weighted by molar-refractivity contribution is 0.0993. The van der Waals surface area contributed by atoms with E-state index in [2.05, 4.69) is 46.1 Å². The lowest BCUT2D eigenvalue weighted by Gasteiger charge is -2.46. The number of rotatable bonds is 3. The van der Waals surface area contributed by atoms with E-state index in [4.69, 9.17) is 0 Å². The fraction of sp³-hybridized carbons (Fsp3) is 0.583. The van der Waals surface area contributed by atoms with Gasteiger partial charge in [-0.25, -0.2) is 0 Å². The standard InChI is InChI=1S/C12H17BrN2/c1-9(2)12(7-15-8-12)4-10-3-11(13)6-14-5-10/h3,5-6,9,15H,4,7-8H2,1-2H3. The van der Waals surface area contributed by atoms with Crippen molar-refractivity contribution in [2.45, 2.75) is 20.3 Å². The van der Waals surface area contributed by atoms with Crippen LogP contribution in [0.1, 0.15) is 19.4 Å². The summed E-state index contributed by atoms with van der Waals surface area (Å²) in [4.78, 5) is 4.22. The van der Waals surface area contributed by atoms with E-state index in [1.807, 2.05) is 12.4 Å². The molecule has 1 aliphatic rings. The Morgan fingerprint density at radius 3 is 2.67 bits per heavy atom. The molecule has 2 heterocycles. The van der Waals surface area contributed by atoms with Gasteiger partial charge < -0.3 is 5.32 Å². The van der Waals surface area contributed by atoms with Crippen LogP contribution in [0.25, 0.3) is 0 Å². The van der Waals surface area contributed by atoms with Crippen molar-refractivity contribution in [3.8, 4) is 0 Å². The summed E-state index contributed by atoms with van der Waals surface area (Å²) in [6.07, 6.45) is 4.95. The number of pyridine rings is 1. The molecule has 0 saturated carbocycles. The highest BCUT2D eigenvalue weighted by atomic mass is 79.9. The van der Waals surface area contributed by atoms with E-state index < -0.39 is 0 Å². The summed E-state index contributed by atoms with van der Waals surface area (Å²) in [6.45, 7) is 6.90. The van der Waals surface area contributed by atoms with Gasteiger partial charge in [0.25, 0.3) is 0 Å². The molecule has 1 aromatic rings. The summed E-state index contributed by atoms with van der Waals surface area (Å²) in [7, 11) is 0. The lowest BCUT2D eigenvalue weighted by Crippen LogP contribution is -2.57. The first-order chi connectivity index (χ1) is 7.12. The molecule has 0 unspecified atom stereocenters. The van der Waals surface area contributed by atoms with Gasteiger partial charge in [0.2, 0.25) is 0 Å². The number of nitrogens with zero attached hydrogens (tertiary/aromatic N) is 1. The van der Waals surface area contributed by atoms with Gasteiger partial charge in [-0.1, -0.05) is 13.8 Å². The van der Waals surface area contributed by atoms with Crippen LogP contribution < -0.4 is 5.32 Å². The molecule has 2 nitrogen and oxygen atoms in total. The zero-order chi connectivity index (χ0) is 10.9. The number of hydrogen-bond acceptors (Lipinski definition) is 2. The Labute approximate surface area is 99.6 Å². The number of nitrogens with one attached hydrogen (secondary N) is 1. The third-order valence-corrected chi connectivity index (χ3v) is 3.93. The third-order valence-electron chi connectivity index (χ3n) is 3.50. The van der Waals surface area contributed by atoms with Crippen LogP contribution in [0, 0.1) is 11.3 Å². The molecule has 0 amide bonds. The van der Waals surface area contributed by atoms with Crippen LogP contribution >= 0.6 is 15.9 Å². The maximum atomic E-state index is 4.22. The molecule has 82 valence electrons. The van der Waals surface area contributed by atoms with Gasteiger partial charge in [0.1, 0.15) is 0 Å². The van der Waals surface area contributed by atoms with Gasteiger partial charge >= 0.3 is 0 Å². The zero-order valence-corrected chi connectivity index (χ0v) is 10.8. The minimum absolute atomic E-state index is 0.447. The molecule has 1 aromatic heterocycles. The monoisotopic (exact) mass is 268 g/mol. The van der Waals surface area contributed by atoms with Gasteiger partial charge in [0, 0.05) is 35.4 Å². The van der Waals surface area contributed by atoms with Crippen molar-refractivity contribution in [2.75, 3.05) is 13.1 Å². The smallest absolute Gasteiger partial charge is 0.0410 e. The summed E-state index contributed by atoms with van der Waals surface area (Å²) in [5, 5.41) is 3.39. The molecule has 0 aliphatic carbocycles. The van der Waals surface area contributed by atoms with E-state index in [1.54, 1.807) is 0 Å². The van der Waals surface area contributed by atoms with Crippen LogP contribution in [-0.4, -0.2) is 18.1 Å². The first-order valence-electron chi connectivity index (χ1n) is 5.42. The molecule has 1 fully saturated rings. The van der Waals surface area contributed by atoms with Crippen molar-refractivity contribution in [1.29, 1.82) is 0 Å². The average Bonchev–Trinajstić information content (AvgIpc) is 2.11. The van der Waals surface area contributed by atoms with Crippen molar-refractivity contribution in [3.63, 3.8) is 0 Å². The minimum Gasteiger partial charge on any atom is -0.315 e. The molecule has 1 aliphatic heterocycles. The maximum absolute atomic E-state index is 4.22. The quantitative estimate of drug-likeness (QED) is 0.912. The van der Waals surface area contributed by atoms with Crippen LogP contribution in [-0.2, 0) is 6.42 Å². The Bertz CT molecular complexity index is 345. The van der Waals surface area contributed by atoms with Crippen LogP contribution in [0.3, 0.4) is 0 Å². The fourth-order valence-electron chi connectivity index (χ4n) is 2.14. The highest BCUT2D eigenvalue weighted by Gasteiger charge is 2.39. The Morgan fingerprint density at radius 1 is 1.47 bits per heavy atom. The molecule has 3 heteroatoms. The molecule has 0 radical (unpaired) electrons. The van der Waals surface area contributed by atoms with Gasteiger partial charge in [-0.3, -0.25) is 4.98 Å². The Kier molecular flexibility index (Phi) is 3.12. The predicted molar refractivity (Wildman–Crippen MR) is 65.8 cm³/mol. The highest BCUT2D eigenvalue weighted by molar-refractivity contribution is 9.10. The summed E-state index contributed by atoms with van der Waals surface area (Å²) < 4.78 is 1.08. The first-order valence-corrected chi connectivity index (χ1v) is 6.22. The van der Waals surface area contributed by atoms with E-state index >= 15 is 0 Å². The average molecular weight is 269 g/mol. The number of aromatic nitrogens is 1. The molecular weight excluding hydrogens is 252 g/mol. The van der Waals surface area contributed by atoms with E-state index in [-0.39, 0.29) is 0 Å². The molecule has 0 atom stereocenters. The SMILES string of the molecule is CC(C)C1(Cc2cncc(Br)c2)CNC1. The largest absolute Gasteiger partial charge is 0.315 e. The summed E-state index contributed by atoms with van der Waals surface area (Å²) in [5.41, 5.74) is 1.78. The van der Waals surface area contributed by atoms with Crippen LogP contribution in [0.15, 0.2) is 22.9 Å². The molecule has 0 spiro atoms. The van der Waals surface area contributed by atoms with Crippen LogP contribution in [0.4, 0.5) is 0 Å². The number of hydrogen-bond donors (Lipinski definition) is 1. The van der Waals surface area contributed by atoms with E-state index in [9.17, 15) is 0 Å². The topological polar surface area (TPSA) is 24.9 Å². The minimum atomic E-state index is 0.447. The molecule has 1 N–H and O–H groups in total. The second kappa shape index (κ2) is 4.22. The fourth-order valence-corrected chi connectivity index (χ4v) is 2.55. The van der Waals surface area contributed by atoms with E-state index in [0.29, 0.717) is 5.41 Å². The van der Waals surface area contributed by atoms with Crippen molar-refractivity contribution < 1.29 is 0 Å². The van der Waals surface area contributed by atoms with Gasteiger partial charge in [-0.2, -0.15) is 0 Å². The normalized spacial score (nSPS) is 18.9. The second-order valence-corrected chi connectivity index (χ2v) is 5.72. The third kappa shape index (κ3) is 2.23. The molecule has 15 heavy (non-hydrogen) atoms. The Hall–Kier alpha value is -0.410. The van der Waals surface area contributed by atoms with Gasteiger partial charge in [-0.05, 0) is 39.9 Å². The highest BCUT2D eigenvalue weighted by Crippen LogP contribution is 2.35. The van der Waals surface area contributed by atoms with Crippen LogP contribution in [0.5, 0.6) is 0 Å². The van der Waals surface area contributed by atoms with Crippen LogP contribution in [0.2, 0.25) is 0 Å².